The van der Waals surface area contributed by atoms with Crippen LogP contribution in [0.4, 0.5) is 0 Å². The maximum absolute atomic E-state index is 12.4. The van der Waals surface area contributed by atoms with Gasteiger partial charge in [0.25, 0.3) is 0 Å². The Morgan fingerprint density at radius 3 is 2.85 bits per heavy atom. The van der Waals surface area contributed by atoms with Crippen LogP contribution in [0, 0.1) is 6.92 Å². The van der Waals surface area contributed by atoms with Gasteiger partial charge in [0.1, 0.15) is 5.75 Å². The Bertz CT molecular complexity index is 934. The second kappa shape index (κ2) is 7.61. The summed E-state index contributed by atoms with van der Waals surface area (Å²) in [7, 11) is 0. The van der Waals surface area contributed by atoms with Crippen LogP contribution < -0.4 is 10.1 Å². The van der Waals surface area contributed by atoms with Gasteiger partial charge in [-0.25, -0.2) is 0 Å². The van der Waals surface area contributed by atoms with E-state index in [4.69, 9.17) is 9.26 Å². The van der Waals surface area contributed by atoms with Crippen LogP contribution in [-0.2, 0) is 11.2 Å². The summed E-state index contributed by atoms with van der Waals surface area (Å²) in [6, 6.07) is 15.7. The summed E-state index contributed by atoms with van der Waals surface area (Å²) in [6.45, 7) is 2.63. The second-order valence-electron chi connectivity index (χ2n) is 6.67. The van der Waals surface area contributed by atoms with E-state index >= 15 is 0 Å². The van der Waals surface area contributed by atoms with Gasteiger partial charge in [-0.3, -0.25) is 4.79 Å². The van der Waals surface area contributed by atoms with Gasteiger partial charge in [0.05, 0.1) is 12.6 Å². The fraction of sp³-hybridized carbons (Fsp3) is 0.286. The normalized spacial score (nSPS) is 15.7. The molecule has 1 N–H and O–H groups in total. The van der Waals surface area contributed by atoms with Gasteiger partial charge in [-0.2, -0.15) is 4.98 Å². The molecular weight excluding hydrogens is 342 g/mol. The van der Waals surface area contributed by atoms with E-state index in [2.05, 4.69) is 15.5 Å². The van der Waals surface area contributed by atoms with Crippen molar-refractivity contribution in [1.82, 2.24) is 15.5 Å². The number of aryl methyl sites for hydroxylation is 2. The second-order valence-corrected chi connectivity index (χ2v) is 6.67. The maximum atomic E-state index is 12.4. The molecular formula is C21H21N3O3. The van der Waals surface area contributed by atoms with Gasteiger partial charge in [-0.15, -0.1) is 0 Å². The molecule has 1 atom stereocenters. The van der Waals surface area contributed by atoms with Crippen molar-refractivity contribution in [2.45, 2.75) is 32.2 Å². The third-order valence-electron chi connectivity index (χ3n) is 4.64. The van der Waals surface area contributed by atoms with Crippen LogP contribution in [0.3, 0.4) is 0 Å². The molecule has 1 aliphatic rings. The molecule has 1 amide bonds. The highest BCUT2D eigenvalue weighted by atomic mass is 16.5. The third-order valence-corrected chi connectivity index (χ3v) is 4.64. The minimum Gasteiger partial charge on any atom is -0.493 e. The van der Waals surface area contributed by atoms with E-state index in [1.807, 2.05) is 55.5 Å². The number of rotatable bonds is 5. The molecule has 3 aromatic rings. The maximum Gasteiger partial charge on any atom is 0.227 e. The topological polar surface area (TPSA) is 77.2 Å². The average molecular weight is 363 g/mol. The van der Waals surface area contributed by atoms with E-state index in [1.165, 1.54) is 5.56 Å². The van der Waals surface area contributed by atoms with E-state index in [0.717, 1.165) is 23.3 Å². The van der Waals surface area contributed by atoms with Gasteiger partial charge in [0, 0.05) is 30.4 Å². The molecule has 138 valence electrons. The Hall–Kier alpha value is -3.15. The first-order chi connectivity index (χ1) is 13.2. The average Bonchev–Trinajstić information content (AvgIpc) is 3.16. The van der Waals surface area contributed by atoms with Crippen molar-refractivity contribution in [3.63, 3.8) is 0 Å². The summed E-state index contributed by atoms with van der Waals surface area (Å²) in [5.74, 6) is 1.82. The van der Waals surface area contributed by atoms with Gasteiger partial charge >= 0.3 is 0 Å². The monoisotopic (exact) mass is 363 g/mol. The van der Waals surface area contributed by atoms with E-state index in [0.29, 0.717) is 31.2 Å². The lowest BCUT2D eigenvalue weighted by molar-refractivity contribution is -0.122. The molecule has 2 heterocycles. The summed E-state index contributed by atoms with van der Waals surface area (Å²) in [4.78, 5) is 16.8. The highest BCUT2D eigenvalue weighted by Gasteiger charge is 2.22. The van der Waals surface area contributed by atoms with E-state index in [9.17, 15) is 4.79 Å². The molecule has 0 radical (unpaired) electrons. The first-order valence-corrected chi connectivity index (χ1v) is 9.10. The summed E-state index contributed by atoms with van der Waals surface area (Å²) in [5.41, 5.74) is 3.10. The summed E-state index contributed by atoms with van der Waals surface area (Å²) >= 11 is 0. The third kappa shape index (κ3) is 4.00. The van der Waals surface area contributed by atoms with E-state index < -0.39 is 0 Å². The number of carbonyl (C=O) groups is 1. The predicted molar refractivity (Wildman–Crippen MR) is 100 cm³/mol. The number of aromatic nitrogens is 2. The Labute approximate surface area is 157 Å². The number of carbonyl (C=O) groups excluding carboxylic acids is 1. The largest absolute Gasteiger partial charge is 0.493 e. The number of nitrogens with one attached hydrogen (secondary N) is 1. The quantitative estimate of drug-likeness (QED) is 0.749. The number of fused-ring (bicyclic) bond motifs is 1. The van der Waals surface area contributed by atoms with Gasteiger partial charge in [-0.1, -0.05) is 53.2 Å². The van der Waals surface area contributed by atoms with Crippen molar-refractivity contribution in [1.29, 1.82) is 0 Å². The van der Waals surface area contributed by atoms with E-state index in [1.54, 1.807) is 0 Å². The molecule has 27 heavy (non-hydrogen) atoms. The smallest absolute Gasteiger partial charge is 0.227 e. The fourth-order valence-electron chi connectivity index (χ4n) is 3.16. The number of nitrogens with zero attached hydrogens (tertiary/aromatic N) is 2. The Morgan fingerprint density at radius 2 is 2.00 bits per heavy atom. The Balaban J connectivity index is 1.34. The number of para-hydroxylation sites is 1. The van der Waals surface area contributed by atoms with Crippen molar-refractivity contribution < 1.29 is 14.1 Å². The molecule has 0 bridgehead atoms. The zero-order valence-electron chi connectivity index (χ0n) is 15.1. The fourth-order valence-corrected chi connectivity index (χ4v) is 3.16. The molecule has 2 aromatic carbocycles. The van der Waals surface area contributed by atoms with Crippen LogP contribution in [-0.4, -0.2) is 22.7 Å². The standard InChI is InChI=1S/C21H21N3O3/c1-14-6-8-15(9-7-14)21-23-20(27-24-21)11-10-19(25)22-17-12-13-26-18-5-3-2-4-16(17)18/h2-9,17H,10-13H2,1H3,(H,22,25)/t17-/m0/s1. The molecule has 0 aliphatic carbocycles. The summed E-state index contributed by atoms with van der Waals surface area (Å²) in [6.07, 6.45) is 1.48. The lowest BCUT2D eigenvalue weighted by atomic mass is 10.0. The SMILES string of the molecule is Cc1ccc(-c2noc(CCC(=O)N[C@H]3CCOc4ccccc43)n2)cc1. The number of hydrogen-bond donors (Lipinski definition) is 1. The number of hydrogen-bond acceptors (Lipinski definition) is 5. The minimum absolute atomic E-state index is 0.0201. The molecule has 0 unspecified atom stereocenters. The summed E-state index contributed by atoms with van der Waals surface area (Å²) in [5, 5.41) is 7.09. The van der Waals surface area contributed by atoms with Gasteiger partial charge in [0.2, 0.25) is 17.6 Å². The first kappa shape index (κ1) is 17.3. The van der Waals surface area contributed by atoms with Gasteiger partial charge in [-0.05, 0) is 13.0 Å². The van der Waals surface area contributed by atoms with Crippen molar-refractivity contribution in [2.75, 3.05) is 6.61 Å². The van der Waals surface area contributed by atoms with Crippen LogP contribution in [0.5, 0.6) is 5.75 Å². The zero-order valence-corrected chi connectivity index (χ0v) is 15.1. The highest BCUT2D eigenvalue weighted by molar-refractivity contribution is 5.76. The Morgan fingerprint density at radius 1 is 1.19 bits per heavy atom. The first-order valence-electron chi connectivity index (χ1n) is 9.10. The van der Waals surface area contributed by atoms with Gasteiger partial charge in [0.15, 0.2) is 0 Å². The molecule has 4 rings (SSSR count). The lowest BCUT2D eigenvalue weighted by Gasteiger charge is -2.26. The number of benzene rings is 2. The predicted octanol–water partition coefficient (Wildman–Crippen LogP) is 3.62. The molecule has 1 aromatic heterocycles. The molecule has 1 aliphatic heterocycles. The molecule has 0 fully saturated rings. The van der Waals surface area contributed by atoms with Crippen LogP contribution in [0.15, 0.2) is 53.1 Å². The Kier molecular flexibility index (Phi) is 4.87. The highest BCUT2D eigenvalue weighted by Crippen LogP contribution is 2.31. The van der Waals surface area contributed by atoms with Crippen molar-refractivity contribution in [3.05, 3.63) is 65.5 Å². The number of amides is 1. The minimum atomic E-state index is -0.0354. The van der Waals surface area contributed by atoms with Crippen molar-refractivity contribution >= 4 is 5.91 Å². The molecule has 0 spiro atoms. The van der Waals surface area contributed by atoms with Crippen molar-refractivity contribution in [2.24, 2.45) is 0 Å². The molecule has 0 saturated carbocycles. The summed E-state index contributed by atoms with van der Waals surface area (Å²) < 4.78 is 10.9. The van der Waals surface area contributed by atoms with Crippen LogP contribution in [0.2, 0.25) is 0 Å². The van der Waals surface area contributed by atoms with Crippen LogP contribution >= 0.6 is 0 Å². The van der Waals surface area contributed by atoms with Gasteiger partial charge < -0.3 is 14.6 Å². The number of ether oxygens (including phenoxy) is 1. The van der Waals surface area contributed by atoms with Crippen molar-refractivity contribution in [3.8, 4) is 17.1 Å². The van der Waals surface area contributed by atoms with E-state index in [-0.39, 0.29) is 11.9 Å². The lowest BCUT2D eigenvalue weighted by Crippen LogP contribution is -2.32. The molecule has 6 nitrogen and oxygen atoms in total. The van der Waals surface area contributed by atoms with Crippen LogP contribution in [0.25, 0.3) is 11.4 Å². The van der Waals surface area contributed by atoms with Crippen LogP contribution in [0.1, 0.15) is 35.9 Å². The molecule has 0 saturated heterocycles. The molecule has 6 heteroatoms. The zero-order chi connectivity index (χ0) is 18.6.